The maximum absolute atomic E-state index is 4.41. The lowest BCUT2D eigenvalue weighted by Crippen LogP contribution is -2.26. The van der Waals surface area contributed by atoms with Crippen LogP contribution in [0.4, 0.5) is 0 Å². The van der Waals surface area contributed by atoms with Crippen LogP contribution in [0.1, 0.15) is 58.7 Å². The van der Waals surface area contributed by atoms with E-state index in [0.29, 0.717) is 0 Å². The van der Waals surface area contributed by atoms with E-state index in [9.17, 15) is 0 Å². The summed E-state index contributed by atoms with van der Waals surface area (Å²) in [5, 5.41) is 10.1. The summed E-state index contributed by atoms with van der Waals surface area (Å²) >= 11 is 0. The van der Waals surface area contributed by atoms with Crippen molar-refractivity contribution in [3.63, 3.8) is 0 Å². The first-order chi connectivity index (χ1) is 17.6. The van der Waals surface area contributed by atoms with Crippen molar-refractivity contribution in [2.45, 2.75) is 54.4 Å². The first-order valence-electron chi connectivity index (χ1n) is 13.1. The van der Waals surface area contributed by atoms with Crippen LogP contribution in [0.25, 0.3) is 44.5 Å². The molecule has 0 saturated heterocycles. The number of rotatable bonds is 4. The highest BCUT2D eigenvalue weighted by molar-refractivity contribution is 6.25. The Morgan fingerprint density at radius 1 is 0.842 bits per heavy atom. The van der Waals surface area contributed by atoms with E-state index in [1.807, 2.05) is 6.92 Å². The van der Waals surface area contributed by atoms with Crippen molar-refractivity contribution in [1.29, 1.82) is 0 Å². The van der Waals surface area contributed by atoms with Crippen molar-refractivity contribution in [3.05, 3.63) is 130 Å². The standard InChI is InChI=1S/C37H36.CH4/c1-9-10-14-29(23(2)3)35(30-15-12-11-13-24(30)4)33-20-25(5)31-18-16-26-21-28(37(6,7)8)22-27-17-19-32(33)36(31)34(26)27;/h9-22H,2,4H2,1,3,5-8H3;1H4/b10-9-,29-14+,35-30+;. The highest BCUT2D eigenvalue weighted by Gasteiger charge is 2.20. The SMILES string of the molecule is C.C=C(C)C(=C\C=C/C)/C(c1cc(C)c2ccc3cc(C(C)(C)C)cc4ccc1c2c34)=c1/ccccc1=C. The van der Waals surface area contributed by atoms with Gasteiger partial charge in [0.05, 0.1) is 0 Å². The lowest BCUT2D eigenvalue weighted by molar-refractivity contribution is 0.591. The lowest BCUT2D eigenvalue weighted by Gasteiger charge is -2.23. The van der Waals surface area contributed by atoms with Gasteiger partial charge in [-0.3, -0.25) is 0 Å². The largest absolute Gasteiger partial charge is 0.0955 e. The summed E-state index contributed by atoms with van der Waals surface area (Å²) in [5.74, 6) is 0. The molecule has 0 nitrogen and oxygen atoms in total. The van der Waals surface area contributed by atoms with Gasteiger partial charge in [-0.05, 0) is 96.8 Å². The molecule has 0 aliphatic rings. The summed E-state index contributed by atoms with van der Waals surface area (Å²) in [4.78, 5) is 0. The van der Waals surface area contributed by atoms with E-state index in [4.69, 9.17) is 0 Å². The minimum Gasteiger partial charge on any atom is -0.0955 e. The number of hydrogen-bond acceptors (Lipinski definition) is 0. The topological polar surface area (TPSA) is 0 Å². The van der Waals surface area contributed by atoms with Crippen LogP contribution in [0.5, 0.6) is 0 Å². The molecule has 0 bridgehead atoms. The molecule has 192 valence electrons. The van der Waals surface area contributed by atoms with E-state index in [1.54, 1.807) is 0 Å². The smallest absolute Gasteiger partial charge is 0.00179 e. The Labute approximate surface area is 228 Å². The van der Waals surface area contributed by atoms with Crippen molar-refractivity contribution in [3.8, 4) is 0 Å². The molecule has 0 aliphatic heterocycles. The normalized spacial score (nSPS) is 13.5. The van der Waals surface area contributed by atoms with Crippen molar-refractivity contribution < 1.29 is 0 Å². The molecule has 38 heavy (non-hydrogen) atoms. The summed E-state index contributed by atoms with van der Waals surface area (Å²) in [6.45, 7) is 22.0. The fourth-order valence-corrected chi connectivity index (χ4v) is 5.56. The van der Waals surface area contributed by atoms with Crippen LogP contribution in [-0.2, 0) is 5.41 Å². The highest BCUT2D eigenvalue weighted by Crippen LogP contribution is 2.42. The van der Waals surface area contributed by atoms with Gasteiger partial charge in [0.2, 0.25) is 0 Å². The molecule has 0 heterocycles. The summed E-state index contributed by atoms with van der Waals surface area (Å²) in [6, 6.07) is 24.8. The van der Waals surface area contributed by atoms with Gasteiger partial charge in [0, 0.05) is 0 Å². The molecule has 0 amide bonds. The Bertz CT molecular complexity index is 1830. The zero-order chi connectivity index (χ0) is 26.5. The van der Waals surface area contributed by atoms with Crippen molar-refractivity contribution in [2.75, 3.05) is 0 Å². The average Bonchev–Trinajstić information content (AvgIpc) is 2.85. The molecule has 0 aliphatic carbocycles. The highest BCUT2D eigenvalue weighted by atomic mass is 14.2. The predicted octanol–water partition coefficient (Wildman–Crippen LogP) is 9.51. The Balaban J connectivity index is 0.00000336. The molecule has 5 rings (SSSR count). The van der Waals surface area contributed by atoms with Gasteiger partial charge in [-0.25, -0.2) is 0 Å². The Morgan fingerprint density at radius 2 is 1.47 bits per heavy atom. The number of aryl methyl sites for hydroxylation is 1. The maximum Gasteiger partial charge on any atom is -0.00179 e. The third-order valence-electron chi connectivity index (χ3n) is 7.53. The van der Waals surface area contributed by atoms with E-state index < -0.39 is 0 Å². The van der Waals surface area contributed by atoms with Gasteiger partial charge in [-0.2, -0.15) is 0 Å². The van der Waals surface area contributed by atoms with Gasteiger partial charge in [0.15, 0.2) is 0 Å². The van der Waals surface area contributed by atoms with Gasteiger partial charge in [0.25, 0.3) is 0 Å². The van der Waals surface area contributed by atoms with E-state index in [1.165, 1.54) is 54.6 Å². The van der Waals surface area contributed by atoms with E-state index in [2.05, 4.69) is 133 Å². The minimum atomic E-state index is 0. The van der Waals surface area contributed by atoms with Gasteiger partial charge >= 0.3 is 0 Å². The second kappa shape index (κ2) is 10.1. The van der Waals surface area contributed by atoms with Crippen LogP contribution >= 0.6 is 0 Å². The molecule has 0 spiro atoms. The van der Waals surface area contributed by atoms with E-state index in [-0.39, 0.29) is 12.8 Å². The second-order valence-corrected chi connectivity index (χ2v) is 11.3. The monoisotopic (exact) mass is 496 g/mol. The molecule has 0 heteroatoms. The second-order valence-electron chi connectivity index (χ2n) is 11.3. The van der Waals surface area contributed by atoms with Crippen molar-refractivity contribution >= 4 is 44.5 Å². The Hall–Kier alpha value is -3.90. The van der Waals surface area contributed by atoms with Gasteiger partial charge < -0.3 is 0 Å². The fourth-order valence-electron chi connectivity index (χ4n) is 5.56. The predicted molar refractivity (Wildman–Crippen MR) is 172 cm³/mol. The molecule has 0 N–H and O–H groups in total. The minimum absolute atomic E-state index is 0. The van der Waals surface area contributed by atoms with Crippen LogP contribution in [-0.4, -0.2) is 0 Å². The molecular weight excluding hydrogens is 456 g/mol. The molecule has 0 saturated carbocycles. The lowest BCUT2D eigenvalue weighted by atomic mass is 9.81. The molecule has 5 aromatic carbocycles. The average molecular weight is 497 g/mol. The van der Waals surface area contributed by atoms with E-state index >= 15 is 0 Å². The molecule has 0 aromatic heterocycles. The first-order valence-corrected chi connectivity index (χ1v) is 13.1. The quantitative estimate of drug-likeness (QED) is 0.172. The summed E-state index contributed by atoms with van der Waals surface area (Å²) < 4.78 is 0. The third kappa shape index (κ3) is 4.50. The van der Waals surface area contributed by atoms with Crippen LogP contribution in [0, 0.1) is 6.92 Å². The number of allylic oxidation sites excluding steroid dienone is 5. The molecule has 0 fully saturated rings. The van der Waals surface area contributed by atoms with Crippen molar-refractivity contribution in [2.24, 2.45) is 0 Å². The summed E-state index contributed by atoms with van der Waals surface area (Å²) in [6.07, 6.45) is 6.36. The molecule has 0 unspecified atom stereocenters. The number of benzene rings is 5. The molecular formula is C38H40. The molecule has 5 aromatic rings. The van der Waals surface area contributed by atoms with Crippen LogP contribution in [0.3, 0.4) is 0 Å². The van der Waals surface area contributed by atoms with Gasteiger partial charge in [0.1, 0.15) is 0 Å². The summed E-state index contributed by atoms with van der Waals surface area (Å²) in [7, 11) is 0. The summed E-state index contributed by atoms with van der Waals surface area (Å²) in [5.41, 5.74) is 7.34. The zero-order valence-corrected chi connectivity index (χ0v) is 23.0. The number of hydrogen-bond donors (Lipinski definition) is 0. The Kier molecular flexibility index (Phi) is 7.22. The van der Waals surface area contributed by atoms with Gasteiger partial charge in [-0.1, -0.05) is 132 Å². The third-order valence-corrected chi connectivity index (χ3v) is 7.53. The molecule has 0 atom stereocenters. The van der Waals surface area contributed by atoms with Gasteiger partial charge in [-0.15, -0.1) is 0 Å². The molecule has 0 radical (unpaired) electrons. The van der Waals surface area contributed by atoms with E-state index in [0.717, 1.165) is 21.6 Å². The zero-order valence-electron chi connectivity index (χ0n) is 23.0. The Morgan fingerprint density at radius 3 is 2.05 bits per heavy atom. The fraction of sp³-hybridized carbons (Fsp3) is 0.211. The first kappa shape index (κ1) is 27.1. The van der Waals surface area contributed by atoms with Crippen LogP contribution in [0.15, 0.2) is 103 Å². The maximum atomic E-state index is 4.41. The van der Waals surface area contributed by atoms with Crippen molar-refractivity contribution in [1.82, 2.24) is 0 Å². The van der Waals surface area contributed by atoms with Crippen LogP contribution in [0.2, 0.25) is 0 Å². The van der Waals surface area contributed by atoms with Crippen LogP contribution < -0.4 is 10.4 Å².